The highest BCUT2D eigenvalue weighted by molar-refractivity contribution is 8.02. The van der Waals surface area contributed by atoms with E-state index in [1.165, 1.54) is 18.2 Å². The number of aryl methyl sites for hydroxylation is 1. The Labute approximate surface area is 164 Å². The first-order valence-electron chi connectivity index (χ1n) is 9.15. The Bertz CT molecular complexity index is 802. The molecule has 1 unspecified atom stereocenters. The second-order valence-corrected chi connectivity index (χ2v) is 7.65. The third-order valence-corrected chi connectivity index (χ3v) is 5.91. The molecule has 0 radical (unpaired) electrons. The molecule has 1 aliphatic carbocycles. The summed E-state index contributed by atoms with van der Waals surface area (Å²) in [7, 11) is 1.41. The smallest absolute Gasteiger partial charge is 0.305 e. The Morgan fingerprint density at radius 1 is 1.26 bits per heavy atom. The van der Waals surface area contributed by atoms with E-state index in [1.807, 2.05) is 25.2 Å². The van der Waals surface area contributed by atoms with Gasteiger partial charge in [-0.05, 0) is 43.4 Å². The number of allylic oxidation sites excluding steroid dienone is 5. The highest BCUT2D eigenvalue weighted by Gasteiger charge is 2.33. The van der Waals surface area contributed by atoms with Crippen molar-refractivity contribution in [2.45, 2.75) is 38.4 Å². The van der Waals surface area contributed by atoms with Crippen molar-refractivity contribution in [3.05, 3.63) is 70.0 Å². The molecule has 0 aromatic heterocycles. The van der Waals surface area contributed by atoms with E-state index in [0.717, 1.165) is 36.3 Å². The lowest BCUT2D eigenvalue weighted by Gasteiger charge is -2.28. The zero-order valence-electron chi connectivity index (χ0n) is 15.7. The number of carbonyl (C=O) groups is 2. The maximum absolute atomic E-state index is 12.5. The topological polar surface area (TPSA) is 52.6 Å². The first kappa shape index (κ1) is 19.5. The highest BCUT2D eigenvalue weighted by Crippen LogP contribution is 2.38. The highest BCUT2D eigenvalue weighted by atomic mass is 32.2. The molecular formula is C22H24O4S. The quantitative estimate of drug-likeness (QED) is 0.638. The standard InChI is InChI=1S/C22H24O4S/c1-15-21(24)18-7-3-4-8-19(18)26-22(15)27-14-17-12-10-16(11-13-17)6-5-9-20(23)25-2/h3-4,8,10-13,18H,5-7,9,14H2,1-2H3. The number of thioether (sulfide) groups is 1. The van der Waals surface area contributed by atoms with Crippen LogP contribution in [0.25, 0.3) is 0 Å². The number of fused-ring (bicyclic) bond motifs is 1. The monoisotopic (exact) mass is 384 g/mol. The molecule has 0 N–H and O–H groups in total. The van der Waals surface area contributed by atoms with Crippen LogP contribution in [0.3, 0.4) is 0 Å². The predicted molar refractivity (Wildman–Crippen MR) is 107 cm³/mol. The molecule has 1 heterocycles. The molecule has 0 fully saturated rings. The van der Waals surface area contributed by atoms with Crippen molar-refractivity contribution < 1.29 is 19.1 Å². The lowest BCUT2D eigenvalue weighted by Crippen LogP contribution is -2.25. The maximum Gasteiger partial charge on any atom is 0.305 e. The van der Waals surface area contributed by atoms with Gasteiger partial charge in [-0.1, -0.05) is 48.2 Å². The van der Waals surface area contributed by atoms with Crippen molar-refractivity contribution in [1.29, 1.82) is 0 Å². The van der Waals surface area contributed by atoms with Gasteiger partial charge in [0.05, 0.1) is 13.0 Å². The number of rotatable bonds is 7. The molecule has 1 aromatic rings. The molecule has 1 aliphatic heterocycles. The van der Waals surface area contributed by atoms with Crippen LogP contribution in [0.5, 0.6) is 0 Å². The third-order valence-electron chi connectivity index (χ3n) is 4.78. The fraction of sp³-hybridized carbons (Fsp3) is 0.364. The second-order valence-electron chi connectivity index (χ2n) is 6.70. The van der Waals surface area contributed by atoms with Crippen molar-refractivity contribution in [2.75, 3.05) is 7.11 Å². The second kappa shape index (κ2) is 9.09. The third kappa shape index (κ3) is 4.92. The Morgan fingerprint density at radius 2 is 2.00 bits per heavy atom. The summed E-state index contributed by atoms with van der Waals surface area (Å²) in [5, 5.41) is 0.708. The van der Waals surface area contributed by atoms with Gasteiger partial charge in [0.15, 0.2) is 10.9 Å². The number of methoxy groups -OCH3 is 1. The van der Waals surface area contributed by atoms with Crippen LogP contribution in [0.2, 0.25) is 0 Å². The van der Waals surface area contributed by atoms with Crippen LogP contribution in [0.4, 0.5) is 0 Å². The van der Waals surface area contributed by atoms with Gasteiger partial charge < -0.3 is 9.47 Å². The van der Waals surface area contributed by atoms with Crippen molar-refractivity contribution >= 4 is 23.5 Å². The molecule has 142 valence electrons. The average Bonchev–Trinajstić information content (AvgIpc) is 2.70. The molecule has 5 heteroatoms. The number of carbonyl (C=O) groups excluding carboxylic acids is 2. The first-order chi connectivity index (χ1) is 13.1. The van der Waals surface area contributed by atoms with Crippen LogP contribution < -0.4 is 0 Å². The molecule has 0 saturated heterocycles. The minimum absolute atomic E-state index is 0.149. The number of esters is 1. The molecular weight excluding hydrogens is 360 g/mol. The van der Waals surface area contributed by atoms with Crippen molar-refractivity contribution in [2.24, 2.45) is 5.92 Å². The predicted octanol–water partition coefficient (Wildman–Crippen LogP) is 4.71. The zero-order chi connectivity index (χ0) is 19.2. The summed E-state index contributed by atoms with van der Waals surface area (Å²) >= 11 is 1.56. The van der Waals surface area contributed by atoms with E-state index in [9.17, 15) is 9.59 Å². The number of benzene rings is 1. The number of hydrogen-bond donors (Lipinski definition) is 0. The SMILES string of the molecule is COC(=O)CCCc1ccc(CSC2=C(C)C(=O)C3CC=CC=C3O2)cc1. The van der Waals surface area contributed by atoms with E-state index in [2.05, 4.69) is 29.0 Å². The average molecular weight is 384 g/mol. The van der Waals surface area contributed by atoms with Crippen LogP contribution in [0.1, 0.15) is 37.3 Å². The summed E-state index contributed by atoms with van der Waals surface area (Å²) in [5.74, 6) is 1.36. The van der Waals surface area contributed by atoms with Gasteiger partial charge in [0, 0.05) is 17.7 Å². The molecule has 3 rings (SSSR count). The molecule has 0 bridgehead atoms. The molecule has 0 amide bonds. The van der Waals surface area contributed by atoms with Crippen LogP contribution in [0.15, 0.2) is 58.9 Å². The van der Waals surface area contributed by atoms with Crippen LogP contribution in [-0.4, -0.2) is 18.9 Å². The minimum atomic E-state index is -0.167. The van der Waals surface area contributed by atoms with Gasteiger partial charge in [-0.2, -0.15) is 0 Å². The fourth-order valence-corrected chi connectivity index (χ4v) is 4.09. The van der Waals surface area contributed by atoms with Crippen molar-refractivity contribution in [3.8, 4) is 0 Å². The fourth-order valence-electron chi connectivity index (χ4n) is 3.12. The van der Waals surface area contributed by atoms with E-state index in [4.69, 9.17) is 4.74 Å². The van der Waals surface area contributed by atoms with Gasteiger partial charge in [-0.3, -0.25) is 9.59 Å². The Kier molecular flexibility index (Phi) is 6.56. The summed E-state index contributed by atoms with van der Waals surface area (Å²) in [5.41, 5.74) is 3.10. The summed E-state index contributed by atoms with van der Waals surface area (Å²) in [4.78, 5) is 23.7. The van der Waals surface area contributed by atoms with Gasteiger partial charge in [-0.15, -0.1) is 0 Å². The van der Waals surface area contributed by atoms with Crippen molar-refractivity contribution in [3.63, 3.8) is 0 Å². The Hall–Kier alpha value is -2.27. The van der Waals surface area contributed by atoms with E-state index >= 15 is 0 Å². The lowest BCUT2D eigenvalue weighted by molar-refractivity contribution is -0.140. The number of Topliss-reactive ketones (excluding diaryl/α,β-unsaturated/α-hetero) is 1. The summed E-state index contributed by atoms with van der Waals surface area (Å²) in [6.45, 7) is 1.85. The maximum atomic E-state index is 12.5. The van der Waals surface area contributed by atoms with Crippen LogP contribution in [-0.2, 0) is 31.2 Å². The number of ether oxygens (including phenoxy) is 2. The molecule has 0 spiro atoms. The summed E-state index contributed by atoms with van der Waals surface area (Å²) in [6.07, 6.45) is 8.65. The Morgan fingerprint density at radius 3 is 2.74 bits per heavy atom. The number of hydrogen-bond acceptors (Lipinski definition) is 5. The van der Waals surface area contributed by atoms with Crippen molar-refractivity contribution in [1.82, 2.24) is 0 Å². The van der Waals surface area contributed by atoms with E-state index in [-0.39, 0.29) is 17.7 Å². The minimum Gasteiger partial charge on any atom is -0.469 e. The molecule has 4 nitrogen and oxygen atoms in total. The lowest BCUT2D eigenvalue weighted by atomic mass is 9.89. The molecule has 1 atom stereocenters. The van der Waals surface area contributed by atoms with Gasteiger partial charge >= 0.3 is 5.97 Å². The summed E-state index contributed by atoms with van der Waals surface area (Å²) in [6, 6.07) is 8.36. The molecule has 27 heavy (non-hydrogen) atoms. The van der Waals surface area contributed by atoms with E-state index < -0.39 is 0 Å². The first-order valence-corrected chi connectivity index (χ1v) is 10.1. The summed E-state index contributed by atoms with van der Waals surface area (Å²) < 4.78 is 10.6. The largest absolute Gasteiger partial charge is 0.469 e. The van der Waals surface area contributed by atoms with Crippen LogP contribution in [0, 0.1) is 5.92 Å². The molecule has 2 aliphatic rings. The Balaban J connectivity index is 1.55. The molecule has 1 aromatic carbocycles. The zero-order valence-corrected chi connectivity index (χ0v) is 16.5. The van der Waals surface area contributed by atoms with E-state index in [0.29, 0.717) is 11.5 Å². The number of ketones is 1. The molecule has 0 saturated carbocycles. The van der Waals surface area contributed by atoms with Gasteiger partial charge in [0.1, 0.15) is 5.76 Å². The van der Waals surface area contributed by atoms with Gasteiger partial charge in [0.25, 0.3) is 0 Å². The normalized spacial score (nSPS) is 18.7. The van der Waals surface area contributed by atoms with Crippen LogP contribution >= 0.6 is 11.8 Å². The van der Waals surface area contributed by atoms with Gasteiger partial charge in [0.2, 0.25) is 0 Å². The van der Waals surface area contributed by atoms with Gasteiger partial charge in [-0.25, -0.2) is 0 Å². The van der Waals surface area contributed by atoms with E-state index in [1.54, 1.807) is 11.8 Å².